The number of hydrogen-bond acceptors (Lipinski definition) is 15. The molecule has 1 aliphatic carbocycles. The lowest BCUT2D eigenvalue weighted by Gasteiger charge is -2.26. The van der Waals surface area contributed by atoms with Crippen LogP contribution >= 0.6 is 0 Å². The van der Waals surface area contributed by atoms with Crippen molar-refractivity contribution in [2.45, 2.75) is 38.0 Å². The molecule has 0 atom stereocenters. The van der Waals surface area contributed by atoms with E-state index in [1.165, 1.54) is 6.33 Å². The summed E-state index contributed by atoms with van der Waals surface area (Å²) in [5, 5.41) is 11.3. The highest BCUT2D eigenvalue weighted by atomic mass is 16.6. The molecule has 1 aromatic carbocycles. The van der Waals surface area contributed by atoms with Gasteiger partial charge in [-0.1, -0.05) is 12.1 Å². The molecule has 1 fully saturated rings. The van der Waals surface area contributed by atoms with Gasteiger partial charge in [-0.3, -0.25) is 9.59 Å². The molecule has 3 heterocycles. The summed E-state index contributed by atoms with van der Waals surface area (Å²) < 4.78 is 45.4. The van der Waals surface area contributed by atoms with E-state index < -0.39 is 0 Å². The molecule has 59 heavy (non-hydrogen) atoms. The first-order chi connectivity index (χ1) is 29.0. The lowest BCUT2D eigenvalue weighted by Crippen LogP contribution is -2.35. The first-order valence-corrected chi connectivity index (χ1v) is 20.4. The van der Waals surface area contributed by atoms with Gasteiger partial charge in [-0.25, -0.2) is 14.5 Å². The number of anilines is 1. The second kappa shape index (κ2) is 25.9. The Morgan fingerprint density at radius 3 is 2.02 bits per heavy atom. The standard InChI is InChI=1S/C40H61N9O10/c1-52-33-4-2-3-31-27-32(47-35(31)33)36-37-38(42)45-28-46-49(37)39(48-36)29-5-7-30(8-6-29)40(51)44-12-16-56-20-19-55-15-11-43-34(50)9-13-53-17-21-57-23-25-59-26-24-58-22-18-54-14-10-41/h2-4,27-30,47H,5-26,41H2,1H3,(H,43,50)(H,44,51)(H2,42,45,46). The van der Waals surface area contributed by atoms with Crippen molar-refractivity contribution in [2.24, 2.45) is 11.7 Å². The van der Waals surface area contributed by atoms with E-state index in [0.29, 0.717) is 129 Å². The van der Waals surface area contributed by atoms with Crippen molar-refractivity contribution < 1.29 is 47.5 Å². The maximum atomic E-state index is 13.0. The van der Waals surface area contributed by atoms with Gasteiger partial charge in [0.15, 0.2) is 5.82 Å². The number of hydrogen-bond donors (Lipinski definition) is 5. The average molecular weight is 828 g/mol. The van der Waals surface area contributed by atoms with Gasteiger partial charge in [0.05, 0.1) is 111 Å². The van der Waals surface area contributed by atoms with Crippen LogP contribution in [0.5, 0.6) is 5.75 Å². The van der Waals surface area contributed by atoms with Crippen molar-refractivity contribution in [3.63, 3.8) is 0 Å². The Morgan fingerprint density at radius 1 is 0.797 bits per heavy atom. The Bertz CT molecular complexity index is 1830. The number of para-hydroxylation sites is 1. The smallest absolute Gasteiger partial charge is 0.223 e. The number of aromatic nitrogens is 5. The van der Waals surface area contributed by atoms with Gasteiger partial charge in [0, 0.05) is 43.3 Å². The number of carbonyl (C=O) groups is 2. The van der Waals surface area contributed by atoms with E-state index in [-0.39, 0.29) is 30.1 Å². The van der Waals surface area contributed by atoms with Crippen LogP contribution in [-0.4, -0.2) is 156 Å². The van der Waals surface area contributed by atoms with Crippen LogP contribution in [0.3, 0.4) is 0 Å². The van der Waals surface area contributed by atoms with Crippen LogP contribution in [0, 0.1) is 5.92 Å². The zero-order valence-corrected chi connectivity index (χ0v) is 34.1. The predicted molar refractivity (Wildman–Crippen MR) is 219 cm³/mol. The SMILES string of the molecule is COc1cccc2cc(-c3nc(C4CCC(C(=O)NCCOCCOCCNC(=O)CCOCCOCCOCCOCCOCCN)CC4)n4ncnc(N)c34)[nH]c12. The third-order valence-corrected chi connectivity index (χ3v) is 9.75. The number of rotatable bonds is 30. The first-order valence-electron chi connectivity index (χ1n) is 20.4. The van der Waals surface area contributed by atoms with Gasteiger partial charge in [-0.15, -0.1) is 0 Å². The van der Waals surface area contributed by atoms with Gasteiger partial charge in [0.25, 0.3) is 0 Å². The van der Waals surface area contributed by atoms with E-state index in [2.05, 4.69) is 25.7 Å². The van der Waals surface area contributed by atoms with E-state index in [0.717, 1.165) is 53.9 Å². The number of nitrogen functional groups attached to an aromatic ring is 1. The molecule has 2 amide bonds. The zero-order valence-electron chi connectivity index (χ0n) is 34.1. The minimum Gasteiger partial charge on any atom is -0.495 e. The number of fused-ring (bicyclic) bond motifs is 2. The lowest BCUT2D eigenvalue weighted by molar-refractivity contribution is -0.126. The molecule has 7 N–H and O–H groups in total. The third kappa shape index (κ3) is 14.6. The Hall–Kier alpha value is -4.47. The molecule has 1 saturated carbocycles. The number of aromatic amines is 1. The summed E-state index contributed by atoms with van der Waals surface area (Å²) >= 11 is 0. The zero-order chi connectivity index (χ0) is 41.5. The number of ether oxygens (including phenoxy) is 8. The summed E-state index contributed by atoms with van der Waals surface area (Å²) in [4.78, 5) is 37.7. The largest absolute Gasteiger partial charge is 0.495 e. The van der Waals surface area contributed by atoms with Crippen LogP contribution in [0.25, 0.3) is 27.8 Å². The van der Waals surface area contributed by atoms with E-state index >= 15 is 0 Å². The molecule has 0 bridgehead atoms. The van der Waals surface area contributed by atoms with Gasteiger partial charge in [-0.05, 0) is 37.8 Å². The number of amides is 2. The molecule has 0 unspecified atom stereocenters. The Kier molecular flexibility index (Phi) is 20.0. The minimum absolute atomic E-state index is 0.0330. The number of imidazole rings is 1. The summed E-state index contributed by atoms with van der Waals surface area (Å²) in [6.45, 7) is 7.48. The molecule has 5 rings (SSSR count). The van der Waals surface area contributed by atoms with Crippen LogP contribution < -0.4 is 26.8 Å². The summed E-state index contributed by atoms with van der Waals surface area (Å²) in [6, 6.07) is 7.89. The molecule has 0 radical (unpaired) electrons. The maximum absolute atomic E-state index is 13.0. The predicted octanol–water partition coefficient (Wildman–Crippen LogP) is 1.83. The molecular weight excluding hydrogens is 766 g/mol. The summed E-state index contributed by atoms with van der Waals surface area (Å²) in [5.41, 5.74) is 14.7. The lowest BCUT2D eigenvalue weighted by atomic mass is 9.81. The van der Waals surface area contributed by atoms with Crippen molar-refractivity contribution >= 4 is 34.1 Å². The number of H-pyrrole nitrogens is 1. The molecule has 19 nitrogen and oxygen atoms in total. The molecular formula is C40H61N9O10. The molecule has 1 aliphatic rings. The average Bonchev–Trinajstić information content (AvgIpc) is 3.87. The van der Waals surface area contributed by atoms with Gasteiger partial charge in [-0.2, -0.15) is 5.10 Å². The van der Waals surface area contributed by atoms with Gasteiger partial charge >= 0.3 is 0 Å². The Balaban J connectivity index is 0.849. The molecule has 0 saturated heterocycles. The van der Waals surface area contributed by atoms with Gasteiger partial charge in [0.2, 0.25) is 11.8 Å². The number of nitrogens with two attached hydrogens (primary N) is 2. The number of methoxy groups -OCH3 is 1. The van der Waals surface area contributed by atoms with E-state index in [1.807, 2.05) is 24.3 Å². The normalized spacial score (nSPS) is 15.6. The summed E-state index contributed by atoms with van der Waals surface area (Å²) in [7, 11) is 1.64. The van der Waals surface area contributed by atoms with Crippen LogP contribution in [0.4, 0.5) is 5.82 Å². The first kappa shape index (κ1) is 45.6. The van der Waals surface area contributed by atoms with Gasteiger partial charge < -0.3 is 65.0 Å². The van der Waals surface area contributed by atoms with Crippen LogP contribution in [0.1, 0.15) is 43.8 Å². The van der Waals surface area contributed by atoms with Crippen molar-refractivity contribution in [3.05, 3.63) is 36.4 Å². The Labute approximate surface area is 344 Å². The van der Waals surface area contributed by atoms with E-state index in [1.54, 1.807) is 11.6 Å². The highest BCUT2D eigenvalue weighted by Gasteiger charge is 2.31. The highest BCUT2D eigenvalue weighted by molar-refractivity contribution is 5.93. The monoisotopic (exact) mass is 827 g/mol. The van der Waals surface area contributed by atoms with Crippen LogP contribution in [0.2, 0.25) is 0 Å². The maximum Gasteiger partial charge on any atom is 0.223 e. The fraction of sp³-hybridized carbons (Fsp3) is 0.625. The number of benzene rings is 1. The van der Waals surface area contributed by atoms with E-state index in [4.69, 9.17) is 54.3 Å². The minimum atomic E-state index is -0.108. The van der Waals surface area contributed by atoms with Crippen LogP contribution in [0.15, 0.2) is 30.6 Å². The van der Waals surface area contributed by atoms with Crippen molar-refractivity contribution in [1.82, 2.24) is 35.2 Å². The van der Waals surface area contributed by atoms with Gasteiger partial charge in [0.1, 0.15) is 29.1 Å². The second-order valence-electron chi connectivity index (χ2n) is 13.8. The number of carbonyl (C=O) groups excluding carboxylic acids is 2. The highest BCUT2D eigenvalue weighted by Crippen LogP contribution is 2.39. The Morgan fingerprint density at radius 2 is 1.39 bits per heavy atom. The number of nitrogens with one attached hydrogen (secondary N) is 3. The molecule has 0 spiro atoms. The molecule has 0 aliphatic heterocycles. The quantitative estimate of drug-likeness (QED) is 0.0471. The summed E-state index contributed by atoms with van der Waals surface area (Å²) in [6.07, 6.45) is 4.76. The fourth-order valence-electron chi connectivity index (χ4n) is 6.76. The van der Waals surface area contributed by atoms with Crippen molar-refractivity contribution in [1.29, 1.82) is 0 Å². The molecule has 3 aromatic heterocycles. The van der Waals surface area contributed by atoms with Crippen molar-refractivity contribution in [3.8, 4) is 17.1 Å². The molecule has 326 valence electrons. The third-order valence-electron chi connectivity index (χ3n) is 9.75. The second-order valence-corrected chi connectivity index (χ2v) is 13.8. The van der Waals surface area contributed by atoms with Crippen molar-refractivity contribution in [2.75, 3.05) is 125 Å². The molecule has 4 aromatic rings. The van der Waals surface area contributed by atoms with E-state index in [9.17, 15) is 9.59 Å². The summed E-state index contributed by atoms with van der Waals surface area (Å²) in [5.74, 6) is 1.86. The fourth-order valence-corrected chi connectivity index (χ4v) is 6.76. The molecule has 19 heteroatoms. The van der Waals surface area contributed by atoms with Crippen LogP contribution in [-0.2, 0) is 42.7 Å². The topological polar surface area (TPSA) is 243 Å². The number of nitrogens with zero attached hydrogens (tertiary/aromatic N) is 4.